The van der Waals surface area contributed by atoms with Crippen molar-refractivity contribution >= 4 is 5.91 Å². The van der Waals surface area contributed by atoms with Crippen molar-refractivity contribution in [3.63, 3.8) is 0 Å². The Labute approximate surface area is 133 Å². The molecule has 1 amide bonds. The maximum atomic E-state index is 12.6. The van der Waals surface area contributed by atoms with Crippen LogP contribution in [-0.2, 0) is 11.0 Å². The van der Waals surface area contributed by atoms with Crippen molar-refractivity contribution in [2.24, 2.45) is 5.92 Å². The Morgan fingerprint density at radius 2 is 1.87 bits per heavy atom. The second-order valence-electron chi connectivity index (χ2n) is 6.57. The van der Waals surface area contributed by atoms with Gasteiger partial charge in [0.05, 0.1) is 17.7 Å². The first-order valence-electron chi connectivity index (χ1n) is 7.99. The largest absolute Gasteiger partial charge is 0.416 e. The molecule has 2 fully saturated rings. The standard InChI is InChI=1S/C17H20F3NO2/c18-17(19,20)13-6-4-12(5-7-13)15-9-14(22)10-21(15)16(23)8-11-2-1-3-11/h4-7,11,14-15,22H,1-3,8-10H2. The number of alkyl halides is 3. The molecule has 126 valence electrons. The average Bonchev–Trinajstić information content (AvgIpc) is 2.84. The third-order valence-corrected chi connectivity index (χ3v) is 4.91. The highest BCUT2D eigenvalue weighted by Crippen LogP contribution is 2.37. The van der Waals surface area contributed by atoms with Crippen molar-refractivity contribution in [3.05, 3.63) is 35.4 Å². The van der Waals surface area contributed by atoms with Crippen LogP contribution in [0.15, 0.2) is 24.3 Å². The molecule has 6 heteroatoms. The summed E-state index contributed by atoms with van der Waals surface area (Å²) in [6, 6.07) is 4.56. The molecular formula is C17H20F3NO2. The van der Waals surface area contributed by atoms with E-state index in [4.69, 9.17) is 0 Å². The van der Waals surface area contributed by atoms with Gasteiger partial charge in [0.1, 0.15) is 0 Å². The number of amides is 1. The Kier molecular flexibility index (Phi) is 4.36. The van der Waals surface area contributed by atoms with E-state index in [-0.39, 0.29) is 18.5 Å². The summed E-state index contributed by atoms with van der Waals surface area (Å²) in [5, 5.41) is 9.90. The molecule has 1 aliphatic heterocycles. The molecule has 23 heavy (non-hydrogen) atoms. The first kappa shape index (κ1) is 16.3. The van der Waals surface area contributed by atoms with Gasteiger partial charge in [0.2, 0.25) is 5.91 Å². The summed E-state index contributed by atoms with van der Waals surface area (Å²) in [6.45, 7) is 0.261. The van der Waals surface area contributed by atoms with Crippen LogP contribution >= 0.6 is 0 Å². The van der Waals surface area contributed by atoms with E-state index >= 15 is 0 Å². The second-order valence-corrected chi connectivity index (χ2v) is 6.57. The minimum Gasteiger partial charge on any atom is -0.391 e. The minimum absolute atomic E-state index is 0.00357. The van der Waals surface area contributed by atoms with Gasteiger partial charge in [0, 0.05) is 13.0 Å². The molecule has 0 aromatic heterocycles. The van der Waals surface area contributed by atoms with Crippen molar-refractivity contribution in [2.45, 2.75) is 50.4 Å². The maximum Gasteiger partial charge on any atom is 0.416 e. The molecule has 2 unspecified atom stereocenters. The predicted octanol–water partition coefficient (Wildman–Crippen LogP) is 3.53. The Hall–Kier alpha value is -1.56. The lowest BCUT2D eigenvalue weighted by Gasteiger charge is -2.30. The maximum absolute atomic E-state index is 12.6. The SMILES string of the molecule is O=C(CC1CCC1)N1CC(O)CC1c1ccc(C(F)(F)F)cc1. The first-order valence-corrected chi connectivity index (χ1v) is 7.99. The van der Waals surface area contributed by atoms with Gasteiger partial charge in [-0.3, -0.25) is 4.79 Å². The predicted molar refractivity (Wildman–Crippen MR) is 78.5 cm³/mol. The number of nitrogens with zero attached hydrogens (tertiary/aromatic N) is 1. The molecule has 1 N–H and O–H groups in total. The van der Waals surface area contributed by atoms with Crippen LogP contribution in [0.25, 0.3) is 0 Å². The lowest BCUT2D eigenvalue weighted by molar-refractivity contribution is -0.138. The Bertz CT molecular complexity index is 566. The summed E-state index contributed by atoms with van der Waals surface area (Å²) in [6.07, 6.45) is -0.852. The summed E-state index contributed by atoms with van der Waals surface area (Å²) >= 11 is 0. The van der Waals surface area contributed by atoms with E-state index in [1.165, 1.54) is 12.1 Å². The van der Waals surface area contributed by atoms with Crippen molar-refractivity contribution < 1.29 is 23.1 Å². The zero-order valence-corrected chi connectivity index (χ0v) is 12.7. The van der Waals surface area contributed by atoms with Crippen LogP contribution in [0, 0.1) is 5.92 Å². The number of aliphatic hydroxyl groups excluding tert-OH is 1. The molecule has 0 spiro atoms. The number of hydrogen-bond donors (Lipinski definition) is 1. The molecule has 1 aliphatic carbocycles. The highest BCUT2D eigenvalue weighted by molar-refractivity contribution is 5.77. The number of β-amino-alcohol motifs (C(OH)–C–C–N with tert-alkyl or cyclic N) is 1. The number of aliphatic hydroxyl groups is 1. The number of rotatable bonds is 3. The molecule has 2 atom stereocenters. The van der Waals surface area contributed by atoms with Gasteiger partial charge in [-0.1, -0.05) is 18.6 Å². The average molecular weight is 327 g/mol. The van der Waals surface area contributed by atoms with Crippen molar-refractivity contribution in [1.29, 1.82) is 0 Å². The molecule has 1 heterocycles. The normalized spacial score (nSPS) is 25.5. The third-order valence-electron chi connectivity index (χ3n) is 4.91. The monoisotopic (exact) mass is 327 g/mol. The smallest absolute Gasteiger partial charge is 0.391 e. The van der Waals surface area contributed by atoms with Gasteiger partial charge in [-0.15, -0.1) is 0 Å². The van der Waals surface area contributed by atoms with Gasteiger partial charge in [-0.2, -0.15) is 13.2 Å². The summed E-state index contributed by atoms with van der Waals surface area (Å²) in [4.78, 5) is 14.1. The van der Waals surface area contributed by atoms with Crippen molar-refractivity contribution in [3.8, 4) is 0 Å². The first-order chi connectivity index (χ1) is 10.8. The molecule has 0 bridgehead atoms. The molecule has 0 radical (unpaired) electrons. The Morgan fingerprint density at radius 3 is 2.39 bits per heavy atom. The van der Waals surface area contributed by atoms with Gasteiger partial charge in [-0.05, 0) is 42.9 Å². The van der Waals surface area contributed by atoms with Crippen LogP contribution in [0.3, 0.4) is 0 Å². The Balaban J connectivity index is 1.74. The second kappa shape index (κ2) is 6.15. The summed E-state index contributed by atoms with van der Waals surface area (Å²) in [5.41, 5.74) is -0.0522. The van der Waals surface area contributed by atoms with Gasteiger partial charge in [-0.25, -0.2) is 0 Å². The summed E-state index contributed by atoms with van der Waals surface area (Å²) in [5.74, 6) is 0.421. The van der Waals surface area contributed by atoms with E-state index < -0.39 is 17.8 Å². The van der Waals surface area contributed by atoms with E-state index in [9.17, 15) is 23.1 Å². The number of benzene rings is 1. The lowest BCUT2D eigenvalue weighted by atomic mass is 9.82. The summed E-state index contributed by atoms with van der Waals surface area (Å²) < 4.78 is 37.9. The zero-order chi connectivity index (χ0) is 16.6. The van der Waals surface area contributed by atoms with Gasteiger partial charge >= 0.3 is 6.18 Å². The number of halogens is 3. The third kappa shape index (κ3) is 3.52. The molecule has 3 nitrogen and oxygen atoms in total. The summed E-state index contributed by atoms with van der Waals surface area (Å²) in [7, 11) is 0. The fraction of sp³-hybridized carbons (Fsp3) is 0.588. The van der Waals surface area contributed by atoms with Crippen LogP contribution in [0.5, 0.6) is 0 Å². The van der Waals surface area contributed by atoms with E-state index in [0.29, 0.717) is 24.3 Å². The highest BCUT2D eigenvalue weighted by Gasteiger charge is 2.37. The highest BCUT2D eigenvalue weighted by atomic mass is 19.4. The number of carbonyl (C=O) groups is 1. The quantitative estimate of drug-likeness (QED) is 0.923. The van der Waals surface area contributed by atoms with Crippen LogP contribution in [0.4, 0.5) is 13.2 Å². The molecule has 1 aromatic rings. The van der Waals surface area contributed by atoms with E-state index in [0.717, 1.165) is 31.4 Å². The number of hydrogen-bond acceptors (Lipinski definition) is 2. The number of carbonyl (C=O) groups excluding carboxylic acids is 1. The Morgan fingerprint density at radius 1 is 1.22 bits per heavy atom. The van der Waals surface area contributed by atoms with Crippen LogP contribution in [0.2, 0.25) is 0 Å². The van der Waals surface area contributed by atoms with Gasteiger partial charge in [0.25, 0.3) is 0 Å². The number of likely N-dealkylation sites (tertiary alicyclic amines) is 1. The molecule has 1 saturated carbocycles. The molecule has 2 aliphatic rings. The van der Waals surface area contributed by atoms with Gasteiger partial charge < -0.3 is 10.0 Å². The van der Waals surface area contributed by atoms with E-state index in [1.54, 1.807) is 4.90 Å². The topological polar surface area (TPSA) is 40.5 Å². The van der Waals surface area contributed by atoms with E-state index in [1.807, 2.05) is 0 Å². The molecule has 1 aromatic carbocycles. The zero-order valence-electron chi connectivity index (χ0n) is 12.7. The molecule has 3 rings (SSSR count). The molecule has 1 saturated heterocycles. The molecular weight excluding hydrogens is 307 g/mol. The minimum atomic E-state index is -4.37. The fourth-order valence-electron chi connectivity index (χ4n) is 3.36. The van der Waals surface area contributed by atoms with E-state index in [2.05, 4.69) is 0 Å². The van der Waals surface area contributed by atoms with Crippen molar-refractivity contribution in [1.82, 2.24) is 4.90 Å². The van der Waals surface area contributed by atoms with Crippen LogP contribution in [0.1, 0.15) is 49.3 Å². The fourth-order valence-corrected chi connectivity index (χ4v) is 3.36. The van der Waals surface area contributed by atoms with Crippen molar-refractivity contribution in [2.75, 3.05) is 6.54 Å². The van der Waals surface area contributed by atoms with Crippen LogP contribution in [-0.4, -0.2) is 28.6 Å². The van der Waals surface area contributed by atoms with Crippen LogP contribution < -0.4 is 0 Å². The van der Waals surface area contributed by atoms with Gasteiger partial charge in [0.15, 0.2) is 0 Å². The lowest BCUT2D eigenvalue weighted by Crippen LogP contribution is -2.34.